The third-order valence-electron chi connectivity index (χ3n) is 3.40. The van der Waals surface area contributed by atoms with Crippen molar-refractivity contribution in [3.8, 4) is 11.3 Å². The Kier molecular flexibility index (Phi) is 3.71. The lowest BCUT2D eigenvalue weighted by molar-refractivity contribution is 0.628. The van der Waals surface area contributed by atoms with Gasteiger partial charge in [0.15, 0.2) is 5.13 Å². The van der Waals surface area contributed by atoms with E-state index in [1.165, 1.54) is 34.6 Å². The largest absolute Gasteiger partial charge is 0.332 e. The van der Waals surface area contributed by atoms with Crippen molar-refractivity contribution in [3.05, 3.63) is 64.8 Å². The summed E-state index contributed by atoms with van der Waals surface area (Å²) < 4.78 is 12.9. The van der Waals surface area contributed by atoms with Gasteiger partial charge in [-0.25, -0.2) is 9.37 Å². The van der Waals surface area contributed by atoms with Crippen LogP contribution in [-0.2, 0) is 0 Å². The van der Waals surface area contributed by atoms with Crippen molar-refractivity contribution >= 4 is 22.2 Å². The molecule has 2 aromatic carbocycles. The summed E-state index contributed by atoms with van der Waals surface area (Å²) in [4.78, 5) is 4.58. The Hall–Kier alpha value is -2.20. The average molecular weight is 298 g/mol. The zero-order valence-electron chi connectivity index (χ0n) is 11.9. The van der Waals surface area contributed by atoms with Crippen molar-refractivity contribution in [3.63, 3.8) is 0 Å². The second-order valence-corrected chi connectivity index (χ2v) is 5.83. The number of aromatic nitrogens is 1. The summed E-state index contributed by atoms with van der Waals surface area (Å²) in [5, 5.41) is 6.01. The highest BCUT2D eigenvalue weighted by atomic mass is 32.1. The lowest BCUT2D eigenvalue weighted by Gasteiger charge is -2.03. The van der Waals surface area contributed by atoms with Gasteiger partial charge in [0, 0.05) is 16.6 Å². The maximum Gasteiger partial charge on any atom is 0.187 e. The van der Waals surface area contributed by atoms with E-state index < -0.39 is 0 Å². The Labute approximate surface area is 127 Å². The summed E-state index contributed by atoms with van der Waals surface area (Å²) >= 11 is 1.54. The highest BCUT2D eigenvalue weighted by Gasteiger charge is 2.06. The average Bonchev–Trinajstić information content (AvgIpc) is 2.93. The number of rotatable bonds is 3. The van der Waals surface area contributed by atoms with Crippen molar-refractivity contribution in [1.82, 2.24) is 4.98 Å². The third-order valence-corrected chi connectivity index (χ3v) is 4.16. The van der Waals surface area contributed by atoms with E-state index in [0.717, 1.165) is 22.1 Å². The van der Waals surface area contributed by atoms with E-state index >= 15 is 0 Å². The van der Waals surface area contributed by atoms with Crippen molar-refractivity contribution in [2.75, 3.05) is 5.32 Å². The van der Waals surface area contributed by atoms with E-state index in [9.17, 15) is 4.39 Å². The molecule has 0 amide bonds. The standard InChI is InChI=1S/C17H15FN2S/c1-11-3-4-13(9-12(11)2)16-10-21-17(20-16)19-15-7-5-14(18)6-8-15/h3-10H,1-2H3,(H,19,20). The molecule has 0 atom stereocenters. The van der Waals surface area contributed by atoms with Crippen molar-refractivity contribution in [2.45, 2.75) is 13.8 Å². The SMILES string of the molecule is Cc1ccc(-c2csc(Nc3ccc(F)cc3)n2)cc1C. The normalized spacial score (nSPS) is 10.6. The molecule has 1 aromatic heterocycles. The first kappa shape index (κ1) is 13.8. The van der Waals surface area contributed by atoms with Gasteiger partial charge in [0.2, 0.25) is 0 Å². The molecule has 0 radical (unpaired) electrons. The molecule has 3 rings (SSSR count). The Bertz CT molecular complexity index is 763. The number of nitrogens with one attached hydrogen (secondary N) is 1. The maximum absolute atomic E-state index is 12.9. The molecule has 106 valence electrons. The zero-order valence-corrected chi connectivity index (χ0v) is 12.7. The van der Waals surface area contributed by atoms with Crippen LogP contribution in [0, 0.1) is 19.7 Å². The topological polar surface area (TPSA) is 24.9 Å². The number of anilines is 2. The van der Waals surface area contributed by atoms with E-state index in [1.54, 1.807) is 12.1 Å². The van der Waals surface area contributed by atoms with E-state index in [1.807, 2.05) is 5.38 Å². The number of aryl methyl sites for hydroxylation is 2. The van der Waals surface area contributed by atoms with Crippen LogP contribution in [0.3, 0.4) is 0 Å². The van der Waals surface area contributed by atoms with Crippen LogP contribution in [0.5, 0.6) is 0 Å². The smallest absolute Gasteiger partial charge is 0.187 e. The molecule has 0 spiro atoms. The molecule has 2 nitrogen and oxygen atoms in total. The van der Waals surface area contributed by atoms with E-state index in [2.05, 4.69) is 42.3 Å². The van der Waals surface area contributed by atoms with Gasteiger partial charge in [-0.2, -0.15) is 0 Å². The maximum atomic E-state index is 12.9. The van der Waals surface area contributed by atoms with Gasteiger partial charge in [0.25, 0.3) is 0 Å². The number of halogens is 1. The molecule has 0 saturated heterocycles. The van der Waals surface area contributed by atoms with Crippen LogP contribution in [0.2, 0.25) is 0 Å². The molecule has 3 aromatic rings. The summed E-state index contributed by atoms with van der Waals surface area (Å²) in [7, 11) is 0. The molecule has 0 aliphatic carbocycles. The summed E-state index contributed by atoms with van der Waals surface area (Å²) in [5.74, 6) is -0.240. The van der Waals surface area contributed by atoms with Gasteiger partial charge in [-0.3, -0.25) is 0 Å². The highest BCUT2D eigenvalue weighted by Crippen LogP contribution is 2.28. The van der Waals surface area contributed by atoms with Crippen molar-refractivity contribution < 1.29 is 4.39 Å². The third kappa shape index (κ3) is 3.11. The molecular weight excluding hydrogens is 283 g/mol. The molecule has 1 N–H and O–H groups in total. The number of hydrogen-bond acceptors (Lipinski definition) is 3. The Morgan fingerprint density at radius 3 is 2.48 bits per heavy atom. The fourth-order valence-corrected chi connectivity index (χ4v) is 2.76. The van der Waals surface area contributed by atoms with Gasteiger partial charge in [0.1, 0.15) is 5.82 Å². The summed E-state index contributed by atoms with van der Waals surface area (Å²) in [6.45, 7) is 4.20. The number of benzene rings is 2. The first-order valence-electron chi connectivity index (χ1n) is 6.67. The van der Waals surface area contributed by atoms with Crippen LogP contribution >= 0.6 is 11.3 Å². The lowest BCUT2D eigenvalue weighted by atomic mass is 10.1. The van der Waals surface area contributed by atoms with Crippen molar-refractivity contribution in [1.29, 1.82) is 0 Å². The van der Waals surface area contributed by atoms with E-state index in [0.29, 0.717) is 0 Å². The quantitative estimate of drug-likeness (QED) is 0.709. The number of nitrogens with zero attached hydrogens (tertiary/aromatic N) is 1. The number of hydrogen-bond donors (Lipinski definition) is 1. The second kappa shape index (κ2) is 5.66. The molecule has 0 unspecified atom stereocenters. The molecule has 1 heterocycles. The van der Waals surface area contributed by atoms with Crippen LogP contribution in [0.15, 0.2) is 47.8 Å². The van der Waals surface area contributed by atoms with E-state index in [-0.39, 0.29) is 5.82 Å². The highest BCUT2D eigenvalue weighted by molar-refractivity contribution is 7.14. The molecule has 0 aliphatic heterocycles. The van der Waals surface area contributed by atoms with E-state index in [4.69, 9.17) is 0 Å². The molecule has 0 saturated carbocycles. The van der Waals surface area contributed by atoms with Crippen molar-refractivity contribution in [2.24, 2.45) is 0 Å². The Morgan fingerprint density at radius 1 is 1.00 bits per heavy atom. The molecule has 21 heavy (non-hydrogen) atoms. The predicted octanol–water partition coefficient (Wildman–Crippen LogP) is 5.31. The minimum Gasteiger partial charge on any atom is -0.332 e. The monoisotopic (exact) mass is 298 g/mol. The first-order chi connectivity index (χ1) is 10.1. The fraction of sp³-hybridized carbons (Fsp3) is 0.118. The van der Waals surface area contributed by atoms with Gasteiger partial charge < -0.3 is 5.32 Å². The molecule has 0 aliphatic rings. The van der Waals surface area contributed by atoms with Gasteiger partial charge in [0.05, 0.1) is 5.69 Å². The van der Waals surface area contributed by atoms with Crippen LogP contribution in [0.4, 0.5) is 15.2 Å². The minimum atomic E-state index is -0.240. The Morgan fingerprint density at radius 2 is 1.76 bits per heavy atom. The Balaban J connectivity index is 1.82. The second-order valence-electron chi connectivity index (χ2n) is 4.97. The van der Waals surface area contributed by atoms with Crippen LogP contribution < -0.4 is 5.32 Å². The fourth-order valence-electron chi connectivity index (χ4n) is 2.02. The van der Waals surface area contributed by atoms with Gasteiger partial charge in [-0.15, -0.1) is 11.3 Å². The molecular formula is C17H15FN2S. The number of thiazole rings is 1. The van der Waals surface area contributed by atoms with Crippen LogP contribution in [0.25, 0.3) is 11.3 Å². The summed E-state index contributed by atoms with van der Waals surface area (Å²) in [5.41, 5.74) is 5.43. The molecule has 4 heteroatoms. The minimum absolute atomic E-state index is 0.240. The first-order valence-corrected chi connectivity index (χ1v) is 7.55. The molecule has 0 bridgehead atoms. The summed E-state index contributed by atoms with van der Waals surface area (Å²) in [6, 6.07) is 12.6. The van der Waals surface area contributed by atoms with Gasteiger partial charge in [-0.1, -0.05) is 12.1 Å². The van der Waals surface area contributed by atoms with Gasteiger partial charge in [-0.05, 0) is 55.3 Å². The zero-order chi connectivity index (χ0) is 14.8. The van der Waals surface area contributed by atoms with Crippen LogP contribution in [-0.4, -0.2) is 4.98 Å². The predicted molar refractivity (Wildman–Crippen MR) is 86.7 cm³/mol. The summed E-state index contributed by atoms with van der Waals surface area (Å²) in [6.07, 6.45) is 0. The van der Waals surface area contributed by atoms with Gasteiger partial charge >= 0.3 is 0 Å². The van der Waals surface area contributed by atoms with Crippen LogP contribution in [0.1, 0.15) is 11.1 Å². The lowest BCUT2D eigenvalue weighted by Crippen LogP contribution is -1.90. The molecule has 0 fully saturated rings.